The minimum Gasteiger partial charge on any atom is -0.347 e. The summed E-state index contributed by atoms with van der Waals surface area (Å²) in [6.07, 6.45) is 5.69. The fourth-order valence-electron chi connectivity index (χ4n) is 3.03. The van der Waals surface area contributed by atoms with Crippen LogP contribution in [-0.2, 0) is 6.54 Å². The maximum Gasteiger partial charge on any atom is 0.278 e. The monoisotopic (exact) mass is 273 g/mol. The molecule has 2 heterocycles. The van der Waals surface area contributed by atoms with E-state index >= 15 is 0 Å². The number of fused-ring (bicyclic) bond motifs is 1. The Bertz CT molecular complexity index is 615. The van der Waals surface area contributed by atoms with Crippen LogP contribution < -0.4 is 0 Å². The van der Waals surface area contributed by atoms with E-state index in [2.05, 4.69) is 9.47 Å². The second kappa shape index (κ2) is 5.63. The van der Waals surface area contributed by atoms with E-state index in [4.69, 9.17) is 0 Å². The van der Waals surface area contributed by atoms with Gasteiger partial charge in [0.2, 0.25) is 0 Å². The predicted molar refractivity (Wildman–Crippen MR) is 78.9 cm³/mol. The minimum absolute atomic E-state index is 0.195. The lowest BCUT2D eigenvalue weighted by Gasteiger charge is -2.14. The van der Waals surface area contributed by atoms with Crippen LogP contribution in [0.4, 0.5) is 5.69 Å². The number of nitro benzene ring substituents is 1. The van der Waals surface area contributed by atoms with E-state index in [9.17, 15) is 10.1 Å². The molecule has 1 aromatic heterocycles. The largest absolute Gasteiger partial charge is 0.347 e. The highest BCUT2D eigenvalue weighted by atomic mass is 16.6. The molecule has 1 aliphatic rings. The zero-order valence-electron chi connectivity index (χ0n) is 11.5. The summed E-state index contributed by atoms with van der Waals surface area (Å²) < 4.78 is 2.12. The highest BCUT2D eigenvalue weighted by Crippen LogP contribution is 2.26. The Labute approximate surface area is 117 Å². The lowest BCUT2D eigenvalue weighted by molar-refractivity contribution is -0.383. The molecule has 0 amide bonds. The van der Waals surface area contributed by atoms with Gasteiger partial charge in [-0.2, -0.15) is 0 Å². The molecule has 0 bridgehead atoms. The topological polar surface area (TPSA) is 51.3 Å². The van der Waals surface area contributed by atoms with Gasteiger partial charge in [0, 0.05) is 18.8 Å². The summed E-state index contributed by atoms with van der Waals surface area (Å²) in [6, 6.07) is 7.13. The zero-order chi connectivity index (χ0) is 13.9. The molecular weight excluding hydrogens is 254 g/mol. The van der Waals surface area contributed by atoms with Crippen LogP contribution in [0.3, 0.4) is 0 Å². The maximum absolute atomic E-state index is 11.0. The molecule has 0 atom stereocenters. The van der Waals surface area contributed by atoms with Crippen LogP contribution >= 0.6 is 0 Å². The summed E-state index contributed by atoms with van der Waals surface area (Å²) in [5.74, 6) is 0. The van der Waals surface area contributed by atoms with Gasteiger partial charge in [0.1, 0.15) is 0 Å². The van der Waals surface area contributed by atoms with E-state index in [1.165, 1.54) is 25.9 Å². The van der Waals surface area contributed by atoms with Gasteiger partial charge in [-0.3, -0.25) is 10.1 Å². The van der Waals surface area contributed by atoms with Gasteiger partial charge in [-0.05, 0) is 51.0 Å². The highest BCUT2D eigenvalue weighted by molar-refractivity contribution is 5.89. The quantitative estimate of drug-likeness (QED) is 0.621. The first-order chi connectivity index (χ1) is 9.75. The van der Waals surface area contributed by atoms with Gasteiger partial charge in [0.25, 0.3) is 5.69 Å². The second-order valence-corrected chi connectivity index (χ2v) is 5.38. The maximum atomic E-state index is 11.0. The van der Waals surface area contributed by atoms with Gasteiger partial charge in [0.15, 0.2) is 0 Å². The Morgan fingerprint density at radius 3 is 2.70 bits per heavy atom. The SMILES string of the molecule is O=[N+]([O-])c1cccc2c1ccn2CCCN1CCCC1. The van der Waals surface area contributed by atoms with Crippen molar-refractivity contribution in [2.75, 3.05) is 19.6 Å². The molecule has 0 saturated carbocycles. The third-order valence-electron chi connectivity index (χ3n) is 4.06. The molecular formula is C15H19N3O2. The summed E-state index contributed by atoms with van der Waals surface area (Å²) in [6.45, 7) is 4.48. The normalized spacial score (nSPS) is 16.0. The average molecular weight is 273 g/mol. The van der Waals surface area contributed by atoms with Gasteiger partial charge >= 0.3 is 0 Å². The second-order valence-electron chi connectivity index (χ2n) is 5.38. The molecule has 3 rings (SSSR count). The van der Waals surface area contributed by atoms with E-state index in [-0.39, 0.29) is 10.6 Å². The average Bonchev–Trinajstić information content (AvgIpc) is 3.08. The summed E-state index contributed by atoms with van der Waals surface area (Å²) in [5, 5.41) is 11.7. The first kappa shape index (κ1) is 13.1. The van der Waals surface area contributed by atoms with Crippen molar-refractivity contribution in [3.05, 3.63) is 40.6 Å². The van der Waals surface area contributed by atoms with E-state index in [0.717, 1.165) is 30.4 Å². The van der Waals surface area contributed by atoms with Crippen molar-refractivity contribution >= 4 is 16.6 Å². The lowest BCUT2D eigenvalue weighted by atomic mass is 10.2. The van der Waals surface area contributed by atoms with Gasteiger partial charge in [-0.15, -0.1) is 0 Å². The first-order valence-electron chi connectivity index (χ1n) is 7.20. The summed E-state index contributed by atoms with van der Waals surface area (Å²) in [5.41, 5.74) is 1.15. The molecule has 1 fully saturated rings. The van der Waals surface area contributed by atoms with Crippen molar-refractivity contribution in [2.24, 2.45) is 0 Å². The number of hydrogen-bond donors (Lipinski definition) is 0. The molecule has 0 N–H and O–H groups in total. The number of benzene rings is 1. The first-order valence-corrected chi connectivity index (χ1v) is 7.20. The van der Waals surface area contributed by atoms with Crippen LogP contribution in [0.2, 0.25) is 0 Å². The Kier molecular flexibility index (Phi) is 3.69. The molecule has 1 aromatic carbocycles. The number of nitrogens with zero attached hydrogens (tertiary/aromatic N) is 3. The molecule has 0 unspecified atom stereocenters. The van der Waals surface area contributed by atoms with Gasteiger partial charge in [0.05, 0.1) is 15.8 Å². The third-order valence-corrected chi connectivity index (χ3v) is 4.06. The number of aromatic nitrogens is 1. The summed E-state index contributed by atoms with van der Waals surface area (Å²) in [4.78, 5) is 13.2. The van der Waals surface area contributed by atoms with Gasteiger partial charge in [-0.25, -0.2) is 0 Å². The van der Waals surface area contributed by atoms with E-state index in [1.807, 2.05) is 18.3 Å². The summed E-state index contributed by atoms with van der Waals surface area (Å²) >= 11 is 0. The van der Waals surface area contributed by atoms with Crippen molar-refractivity contribution in [2.45, 2.75) is 25.8 Å². The number of likely N-dealkylation sites (tertiary alicyclic amines) is 1. The Morgan fingerprint density at radius 2 is 1.95 bits per heavy atom. The highest BCUT2D eigenvalue weighted by Gasteiger charge is 2.14. The molecule has 0 aliphatic carbocycles. The van der Waals surface area contributed by atoms with Crippen molar-refractivity contribution in [1.29, 1.82) is 0 Å². The number of rotatable bonds is 5. The third kappa shape index (κ3) is 2.54. The molecule has 5 nitrogen and oxygen atoms in total. The smallest absolute Gasteiger partial charge is 0.278 e. The standard InChI is InChI=1S/C15H19N3O2/c19-18(20)15-6-3-5-14-13(15)7-12-17(14)11-4-10-16-8-1-2-9-16/h3,5-7,12H,1-2,4,8-11H2. The predicted octanol–water partition coefficient (Wildman–Crippen LogP) is 3.04. The van der Waals surface area contributed by atoms with Crippen molar-refractivity contribution in [3.63, 3.8) is 0 Å². The Hall–Kier alpha value is -1.88. The fourth-order valence-corrected chi connectivity index (χ4v) is 3.03. The van der Waals surface area contributed by atoms with Crippen LogP contribution in [0.25, 0.3) is 10.9 Å². The van der Waals surface area contributed by atoms with Crippen LogP contribution in [0.15, 0.2) is 30.5 Å². The molecule has 2 aromatic rings. The molecule has 1 aliphatic heterocycles. The molecule has 20 heavy (non-hydrogen) atoms. The summed E-state index contributed by atoms with van der Waals surface area (Å²) in [7, 11) is 0. The lowest BCUT2D eigenvalue weighted by Crippen LogP contribution is -2.21. The van der Waals surface area contributed by atoms with Gasteiger partial charge < -0.3 is 9.47 Å². The molecule has 5 heteroatoms. The van der Waals surface area contributed by atoms with Crippen molar-refractivity contribution < 1.29 is 4.92 Å². The molecule has 106 valence electrons. The Morgan fingerprint density at radius 1 is 1.15 bits per heavy atom. The molecule has 0 spiro atoms. The van der Waals surface area contributed by atoms with Crippen LogP contribution in [0, 0.1) is 10.1 Å². The number of nitro groups is 1. The van der Waals surface area contributed by atoms with E-state index in [1.54, 1.807) is 12.1 Å². The number of hydrogen-bond acceptors (Lipinski definition) is 3. The van der Waals surface area contributed by atoms with Gasteiger partial charge in [-0.1, -0.05) is 6.07 Å². The van der Waals surface area contributed by atoms with Crippen molar-refractivity contribution in [1.82, 2.24) is 9.47 Å². The Balaban J connectivity index is 1.72. The number of aryl methyl sites for hydroxylation is 1. The van der Waals surface area contributed by atoms with E-state index < -0.39 is 0 Å². The minimum atomic E-state index is -0.309. The van der Waals surface area contributed by atoms with Crippen LogP contribution in [0.5, 0.6) is 0 Å². The van der Waals surface area contributed by atoms with E-state index in [0.29, 0.717) is 0 Å². The van der Waals surface area contributed by atoms with Crippen LogP contribution in [0.1, 0.15) is 19.3 Å². The zero-order valence-corrected chi connectivity index (χ0v) is 11.5. The molecule has 1 saturated heterocycles. The number of non-ortho nitro benzene ring substituents is 1. The molecule has 0 radical (unpaired) electrons. The van der Waals surface area contributed by atoms with Crippen LogP contribution in [-0.4, -0.2) is 34.0 Å². The fraction of sp³-hybridized carbons (Fsp3) is 0.467. The van der Waals surface area contributed by atoms with Crippen molar-refractivity contribution in [3.8, 4) is 0 Å².